The van der Waals surface area contributed by atoms with Gasteiger partial charge in [-0.2, -0.15) is 0 Å². The first-order valence-electron chi connectivity index (χ1n) is 7.09. The lowest BCUT2D eigenvalue weighted by atomic mass is 10.1. The molecule has 0 aliphatic carbocycles. The smallest absolute Gasteiger partial charge is 0.245 e. The summed E-state index contributed by atoms with van der Waals surface area (Å²) in [6, 6.07) is 7.09. The summed E-state index contributed by atoms with van der Waals surface area (Å²) < 4.78 is 5.74. The lowest BCUT2D eigenvalue weighted by Gasteiger charge is -2.34. The molecule has 0 bridgehead atoms. The number of amides is 2. The number of benzene rings is 1. The van der Waals surface area contributed by atoms with Crippen LogP contribution in [0.2, 0.25) is 5.02 Å². The maximum Gasteiger partial charge on any atom is 0.245 e. The largest absolute Gasteiger partial charge is 0.370 e. The molecule has 2 saturated heterocycles. The molecular formula is C15H17ClN2O3. The van der Waals surface area contributed by atoms with Gasteiger partial charge in [-0.1, -0.05) is 23.7 Å². The van der Waals surface area contributed by atoms with E-state index in [4.69, 9.17) is 16.3 Å². The third-order valence-corrected chi connectivity index (χ3v) is 4.17. The highest BCUT2D eigenvalue weighted by Crippen LogP contribution is 2.24. The zero-order valence-corrected chi connectivity index (χ0v) is 12.3. The molecule has 2 fully saturated rings. The predicted octanol–water partition coefficient (Wildman–Crippen LogP) is 1.52. The van der Waals surface area contributed by atoms with Crippen LogP contribution in [0.5, 0.6) is 0 Å². The summed E-state index contributed by atoms with van der Waals surface area (Å²) in [6.07, 6.45) is 0.874. The summed E-state index contributed by atoms with van der Waals surface area (Å²) in [6.45, 7) is 1.57. The van der Waals surface area contributed by atoms with E-state index in [1.54, 1.807) is 4.90 Å². The summed E-state index contributed by atoms with van der Waals surface area (Å²) in [5, 5.41) is 3.40. The molecule has 0 spiro atoms. The van der Waals surface area contributed by atoms with Crippen molar-refractivity contribution in [1.82, 2.24) is 10.2 Å². The average Bonchev–Trinajstić information content (AvgIpc) is 2.94. The van der Waals surface area contributed by atoms with E-state index in [2.05, 4.69) is 5.32 Å². The number of hydrogen-bond donors (Lipinski definition) is 1. The van der Waals surface area contributed by atoms with Crippen LogP contribution in [0.25, 0.3) is 0 Å². The van der Waals surface area contributed by atoms with Crippen LogP contribution in [-0.2, 0) is 14.3 Å². The molecule has 6 heteroatoms. The number of carbonyl (C=O) groups is 2. The van der Waals surface area contributed by atoms with Crippen LogP contribution in [-0.4, -0.2) is 42.5 Å². The molecule has 0 aromatic heterocycles. The maximum atomic E-state index is 12.4. The molecule has 21 heavy (non-hydrogen) atoms. The number of hydrogen-bond acceptors (Lipinski definition) is 3. The minimum absolute atomic E-state index is 0.0110. The fourth-order valence-corrected chi connectivity index (χ4v) is 2.87. The highest BCUT2D eigenvalue weighted by molar-refractivity contribution is 6.30. The molecule has 1 N–H and O–H groups in total. The van der Waals surface area contributed by atoms with Crippen LogP contribution in [0.4, 0.5) is 0 Å². The topological polar surface area (TPSA) is 58.6 Å². The Morgan fingerprint density at radius 1 is 1.33 bits per heavy atom. The zero-order chi connectivity index (χ0) is 14.8. The van der Waals surface area contributed by atoms with Crippen molar-refractivity contribution in [2.75, 3.05) is 19.7 Å². The van der Waals surface area contributed by atoms with E-state index in [1.807, 2.05) is 24.3 Å². The molecule has 3 rings (SSSR count). The molecule has 2 aliphatic rings. The van der Waals surface area contributed by atoms with Gasteiger partial charge in [0.1, 0.15) is 12.1 Å². The SMILES string of the molecule is O=C1CC[C@@H](C(=O)N2CCO[C@@H](c3ccc(Cl)cc3)C2)N1. The summed E-state index contributed by atoms with van der Waals surface area (Å²) in [5.74, 6) is -0.0565. The van der Waals surface area contributed by atoms with Crippen LogP contribution in [0.1, 0.15) is 24.5 Å². The molecule has 2 amide bonds. The van der Waals surface area contributed by atoms with E-state index in [0.717, 1.165) is 5.56 Å². The molecule has 0 saturated carbocycles. The fourth-order valence-electron chi connectivity index (χ4n) is 2.75. The third-order valence-electron chi connectivity index (χ3n) is 3.91. The Kier molecular flexibility index (Phi) is 4.12. The predicted molar refractivity (Wildman–Crippen MR) is 77.9 cm³/mol. The number of rotatable bonds is 2. The second kappa shape index (κ2) is 6.03. The standard InChI is InChI=1S/C15H17ClN2O3/c16-11-3-1-10(2-4-11)13-9-18(7-8-21-13)15(20)12-5-6-14(19)17-12/h1-4,12-13H,5-9H2,(H,17,19)/t12-,13+/m0/s1. The van der Waals surface area contributed by atoms with Crippen molar-refractivity contribution in [2.45, 2.75) is 25.0 Å². The van der Waals surface area contributed by atoms with E-state index in [9.17, 15) is 9.59 Å². The monoisotopic (exact) mass is 308 g/mol. The third kappa shape index (κ3) is 3.19. The molecule has 112 valence electrons. The highest BCUT2D eigenvalue weighted by Gasteiger charge is 2.33. The number of halogens is 1. The highest BCUT2D eigenvalue weighted by atomic mass is 35.5. The summed E-state index contributed by atoms with van der Waals surface area (Å²) >= 11 is 5.88. The van der Waals surface area contributed by atoms with Crippen LogP contribution in [0, 0.1) is 0 Å². The van der Waals surface area contributed by atoms with Gasteiger partial charge in [0.05, 0.1) is 13.2 Å². The average molecular weight is 309 g/mol. The lowest BCUT2D eigenvalue weighted by molar-refractivity contribution is -0.141. The molecular weight excluding hydrogens is 292 g/mol. The van der Waals surface area contributed by atoms with Crippen LogP contribution in [0.15, 0.2) is 24.3 Å². The van der Waals surface area contributed by atoms with E-state index in [0.29, 0.717) is 37.6 Å². The van der Waals surface area contributed by atoms with E-state index < -0.39 is 0 Å². The van der Waals surface area contributed by atoms with Gasteiger partial charge in [-0.3, -0.25) is 9.59 Å². The number of carbonyl (C=O) groups excluding carboxylic acids is 2. The van der Waals surface area contributed by atoms with Crippen LogP contribution < -0.4 is 5.32 Å². The van der Waals surface area contributed by atoms with Gasteiger partial charge in [0.2, 0.25) is 11.8 Å². The molecule has 5 nitrogen and oxygen atoms in total. The Balaban J connectivity index is 1.66. The number of nitrogens with zero attached hydrogens (tertiary/aromatic N) is 1. The van der Waals surface area contributed by atoms with Crippen LogP contribution in [0.3, 0.4) is 0 Å². The Labute approximate surface area is 128 Å². The van der Waals surface area contributed by atoms with Gasteiger partial charge in [-0.25, -0.2) is 0 Å². The van der Waals surface area contributed by atoms with E-state index in [-0.39, 0.29) is 24.0 Å². The van der Waals surface area contributed by atoms with Gasteiger partial charge >= 0.3 is 0 Å². The maximum absolute atomic E-state index is 12.4. The van der Waals surface area contributed by atoms with Gasteiger partial charge < -0.3 is 15.0 Å². The van der Waals surface area contributed by atoms with Gasteiger partial charge in [-0.15, -0.1) is 0 Å². The lowest BCUT2D eigenvalue weighted by Crippen LogP contribution is -2.49. The van der Waals surface area contributed by atoms with Gasteiger partial charge in [0.15, 0.2) is 0 Å². The normalized spacial score (nSPS) is 25.8. The number of ether oxygens (including phenoxy) is 1. The van der Waals surface area contributed by atoms with E-state index in [1.165, 1.54) is 0 Å². The van der Waals surface area contributed by atoms with Crippen molar-refractivity contribution in [1.29, 1.82) is 0 Å². The summed E-state index contributed by atoms with van der Waals surface area (Å²) in [5.41, 5.74) is 1.01. The molecule has 2 aliphatic heterocycles. The Morgan fingerprint density at radius 2 is 2.10 bits per heavy atom. The first-order chi connectivity index (χ1) is 10.1. The first kappa shape index (κ1) is 14.4. The number of morpholine rings is 1. The Bertz CT molecular complexity index is 546. The van der Waals surface area contributed by atoms with Crippen LogP contribution >= 0.6 is 11.6 Å². The minimum atomic E-state index is -0.374. The number of nitrogens with one attached hydrogen (secondary N) is 1. The van der Waals surface area contributed by atoms with Gasteiger partial charge in [0, 0.05) is 18.0 Å². The van der Waals surface area contributed by atoms with Crippen molar-refractivity contribution < 1.29 is 14.3 Å². The summed E-state index contributed by atoms with van der Waals surface area (Å²) in [4.78, 5) is 25.4. The van der Waals surface area contributed by atoms with Crippen molar-refractivity contribution in [3.63, 3.8) is 0 Å². The van der Waals surface area contributed by atoms with Crippen molar-refractivity contribution >= 4 is 23.4 Å². The van der Waals surface area contributed by atoms with E-state index >= 15 is 0 Å². The molecule has 0 radical (unpaired) electrons. The van der Waals surface area contributed by atoms with Crippen molar-refractivity contribution in [3.8, 4) is 0 Å². The second-order valence-corrected chi connectivity index (χ2v) is 5.79. The van der Waals surface area contributed by atoms with Gasteiger partial charge in [-0.05, 0) is 24.1 Å². The summed E-state index contributed by atoms with van der Waals surface area (Å²) in [7, 11) is 0. The Hall–Kier alpha value is -1.59. The second-order valence-electron chi connectivity index (χ2n) is 5.35. The Morgan fingerprint density at radius 3 is 2.76 bits per heavy atom. The van der Waals surface area contributed by atoms with Gasteiger partial charge in [0.25, 0.3) is 0 Å². The molecule has 2 heterocycles. The molecule has 1 aromatic rings. The molecule has 0 unspecified atom stereocenters. The first-order valence-corrected chi connectivity index (χ1v) is 7.46. The van der Waals surface area contributed by atoms with Crippen molar-refractivity contribution in [2.24, 2.45) is 0 Å². The fraction of sp³-hybridized carbons (Fsp3) is 0.467. The zero-order valence-electron chi connectivity index (χ0n) is 11.5. The minimum Gasteiger partial charge on any atom is -0.370 e. The van der Waals surface area contributed by atoms with Crippen molar-refractivity contribution in [3.05, 3.63) is 34.9 Å². The molecule has 1 aromatic carbocycles. The molecule has 2 atom stereocenters. The quantitative estimate of drug-likeness (QED) is 0.901.